The van der Waals surface area contributed by atoms with E-state index in [9.17, 15) is 0 Å². The maximum Gasteiger partial charge on any atom is 0.116 e. The summed E-state index contributed by atoms with van der Waals surface area (Å²) in [6.45, 7) is 1.21. The number of thioether (sulfide) groups is 1. The zero-order valence-electron chi connectivity index (χ0n) is 8.85. The summed E-state index contributed by atoms with van der Waals surface area (Å²) >= 11 is 1.82. The van der Waals surface area contributed by atoms with Crippen LogP contribution in [-0.4, -0.2) is 28.3 Å². The van der Waals surface area contributed by atoms with Crippen LogP contribution in [0.25, 0.3) is 0 Å². The van der Waals surface area contributed by atoms with Crippen molar-refractivity contribution >= 4 is 11.8 Å². The third kappa shape index (κ3) is 3.80. The molecule has 1 saturated heterocycles. The molecular formula is C11H17N3S. The first-order valence-corrected chi connectivity index (χ1v) is 6.56. The van der Waals surface area contributed by atoms with Crippen molar-refractivity contribution in [2.24, 2.45) is 0 Å². The Balaban J connectivity index is 1.59. The molecule has 1 unspecified atom stereocenters. The van der Waals surface area contributed by atoms with E-state index in [0.717, 1.165) is 16.8 Å². The summed E-state index contributed by atoms with van der Waals surface area (Å²) in [5.74, 6) is 1.16. The molecule has 0 aromatic carbocycles. The van der Waals surface area contributed by atoms with E-state index in [4.69, 9.17) is 0 Å². The molecule has 0 spiro atoms. The summed E-state index contributed by atoms with van der Waals surface area (Å²) in [5, 5.41) is 4.61. The van der Waals surface area contributed by atoms with Gasteiger partial charge < -0.3 is 5.32 Å². The van der Waals surface area contributed by atoms with E-state index in [1.807, 2.05) is 17.8 Å². The molecule has 1 aromatic rings. The van der Waals surface area contributed by atoms with Gasteiger partial charge in [0.1, 0.15) is 6.33 Å². The van der Waals surface area contributed by atoms with Gasteiger partial charge in [-0.1, -0.05) is 0 Å². The number of hydrogen-bond acceptors (Lipinski definition) is 4. The molecule has 0 aliphatic carbocycles. The van der Waals surface area contributed by atoms with Gasteiger partial charge in [0.25, 0.3) is 0 Å². The van der Waals surface area contributed by atoms with Gasteiger partial charge >= 0.3 is 0 Å². The Bertz CT molecular complexity index is 272. The van der Waals surface area contributed by atoms with E-state index >= 15 is 0 Å². The molecule has 4 heteroatoms. The average Bonchev–Trinajstić information content (AvgIpc) is 2.79. The fourth-order valence-electron chi connectivity index (χ4n) is 1.87. The number of rotatable bonds is 5. The molecule has 2 rings (SSSR count). The molecule has 1 aromatic heterocycles. The van der Waals surface area contributed by atoms with Crippen LogP contribution in [0.3, 0.4) is 0 Å². The van der Waals surface area contributed by atoms with E-state index in [0.29, 0.717) is 0 Å². The highest BCUT2D eigenvalue weighted by atomic mass is 32.2. The van der Waals surface area contributed by atoms with Gasteiger partial charge in [0.15, 0.2) is 0 Å². The number of hydrogen-bond donors (Lipinski definition) is 1. The van der Waals surface area contributed by atoms with E-state index in [2.05, 4.69) is 15.3 Å². The Morgan fingerprint density at radius 1 is 1.53 bits per heavy atom. The second-order valence-electron chi connectivity index (χ2n) is 3.83. The summed E-state index contributed by atoms with van der Waals surface area (Å²) in [4.78, 5) is 8.09. The van der Waals surface area contributed by atoms with Crippen molar-refractivity contribution in [3.63, 3.8) is 0 Å². The van der Waals surface area contributed by atoms with Crippen LogP contribution < -0.4 is 5.32 Å². The summed E-state index contributed by atoms with van der Waals surface area (Å²) < 4.78 is 0. The van der Waals surface area contributed by atoms with Crippen LogP contribution in [-0.2, 0) is 0 Å². The maximum absolute atomic E-state index is 4.18. The fraction of sp³-hybridized carbons (Fsp3) is 0.636. The topological polar surface area (TPSA) is 37.8 Å². The van der Waals surface area contributed by atoms with Gasteiger partial charge in [0, 0.05) is 12.2 Å². The van der Waals surface area contributed by atoms with Gasteiger partial charge in [-0.3, -0.25) is 0 Å². The third-order valence-electron chi connectivity index (χ3n) is 2.66. The predicted molar refractivity (Wildman–Crippen MR) is 63.0 cm³/mol. The van der Waals surface area contributed by atoms with Crippen LogP contribution in [0.5, 0.6) is 0 Å². The van der Waals surface area contributed by atoms with Crippen molar-refractivity contribution in [1.82, 2.24) is 15.3 Å². The Kier molecular flexibility index (Phi) is 4.41. The lowest BCUT2D eigenvalue weighted by atomic mass is 10.1. The minimum Gasteiger partial charge on any atom is -0.314 e. The molecule has 1 N–H and O–H groups in total. The first-order chi connectivity index (χ1) is 7.45. The Hall–Kier alpha value is -0.610. The second kappa shape index (κ2) is 6.08. The van der Waals surface area contributed by atoms with E-state index < -0.39 is 0 Å². The molecule has 0 amide bonds. The minimum atomic E-state index is 0.774. The summed E-state index contributed by atoms with van der Waals surface area (Å²) in [6, 6.07) is 2.74. The molecule has 1 aliphatic heterocycles. The van der Waals surface area contributed by atoms with E-state index in [1.165, 1.54) is 32.2 Å². The standard InChI is InChI=1S/C11H17N3S/c1-3-10(13-6-1)4-2-8-15-11-5-7-12-9-14-11/h5,7,9-10,13H,1-4,6,8H2. The van der Waals surface area contributed by atoms with Crippen molar-refractivity contribution in [2.75, 3.05) is 12.3 Å². The van der Waals surface area contributed by atoms with Crippen molar-refractivity contribution in [3.8, 4) is 0 Å². The highest BCUT2D eigenvalue weighted by Gasteiger charge is 2.12. The molecule has 2 heterocycles. The maximum atomic E-state index is 4.18. The van der Waals surface area contributed by atoms with Crippen molar-refractivity contribution in [1.29, 1.82) is 0 Å². The molecular weight excluding hydrogens is 206 g/mol. The largest absolute Gasteiger partial charge is 0.314 e. The van der Waals surface area contributed by atoms with Crippen molar-refractivity contribution in [3.05, 3.63) is 18.6 Å². The summed E-state index contributed by atoms with van der Waals surface area (Å²) in [5.41, 5.74) is 0. The van der Waals surface area contributed by atoms with Gasteiger partial charge in [-0.15, -0.1) is 11.8 Å². The number of aromatic nitrogens is 2. The molecule has 1 aliphatic rings. The zero-order chi connectivity index (χ0) is 10.3. The van der Waals surface area contributed by atoms with E-state index in [1.54, 1.807) is 12.5 Å². The highest BCUT2D eigenvalue weighted by Crippen LogP contribution is 2.17. The lowest BCUT2D eigenvalue weighted by Gasteiger charge is -2.08. The average molecular weight is 223 g/mol. The van der Waals surface area contributed by atoms with Gasteiger partial charge in [-0.25, -0.2) is 9.97 Å². The molecule has 1 fully saturated rings. The Labute approximate surface area is 95.1 Å². The summed E-state index contributed by atoms with van der Waals surface area (Å²) in [6.07, 6.45) is 8.70. The quantitative estimate of drug-likeness (QED) is 0.471. The predicted octanol–water partition coefficient (Wildman–Crippen LogP) is 2.10. The zero-order valence-corrected chi connectivity index (χ0v) is 9.67. The Morgan fingerprint density at radius 3 is 3.27 bits per heavy atom. The molecule has 15 heavy (non-hydrogen) atoms. The van der Waals surface area contributed by atoms with Gasteiger partial charge in [0.2, 0.25) is 0 Å². The van der Waals surface area contributed by atoms with Crippen LogP contribution in [0.4, 0.5) is 0 Å². The van der Waals surface area contributed by atoms with Gasteiger partial charge in [-0.2, -0.15) is 0 Å². The number of nitrogens with one attached hydrogen (secondary N) is 1. The normalized spacial score (nSPS) is 20.7. The second-order valence-corrected chi connectivity index (χ2v) is 4.95. The monoisotopic (exact) mass is 223 g/mol. The SMILES string of the molecule is c1cc(SCCCC2CCCN2)ncn1. The lowest BCUT2D eigenvalue weighted by molar-refractivity contribution is 0.553. The Morgan fingerprint density at radius 2 is 2.53 bits per heavy atom. The smallest absolute Gasteiger partial charge is 0.116 e. The molecule has 3 nitrogen and oxygen atoms in total. The molecule has 1 atom stereocenters. The van der Waals surface area contributed by atoms with Crippen molar-refractivity contribution in [2.45, 2.75) is 36.8 Å². The van der Waals surface area contributed by atoms with Crippen LogP contribution in [0.2, 0.25) is 0 Å². The molecule has 0 bridgehead atoms. The van der Waals surface area contributed by atoms with Crippen LogP contribution in [0.15, 0.2) is 23.6 Å². The first kappa shape index (κ1) is 10.9. The molecule has 0 radical (unpaired) electrons. The van der Waals surface area contributed by atoms with E-state index in [-0.39, 0.29) is 0 Å². The van der Waals surface area contributed by atoms with Crippen LogP contribution in [0.1, 0.15) is 25.7 Å². The van der Waals surface area contributed by atoms with Crippen LogP contribution >= 0.6 is 11.8 Å². The minimum absolute atomic E-state index is 0.774. The number of nitrogens with zero attached hydrogens (tertiary/aromatic N) is 2. The molecule has 0 saturated carbocycles. The first-order valence-electron chi connectivity index (χ1n) is 5.57. The third-order valence-corrected chi connectivity index (χ3v) is 3.69. The van der Waals surface area contributed by atoms with Crippen LogP contribution in [0, 0.1) is 0 Å². The van der Waals surface area contributed by atoms with Gasteiger partial charge in [-0.05, 0) is 44.0 Å². The molecule has 82 valence electrons. The van der Waals surface area contributed by atoms with Gasteiger partial charge in [0.05, 0.1) is 5.03 Å². The lowest BCUT2D eigenvalue weighted by Crippen LogP contribution is -2.20. The van der Waals surface area contributed by atoms with Crippen molar-refractivity contribution < 1.29 is 0 Å². The highest BCUT2D eigenvalue weighted by molar-refractivity contribution is 7.99. The fourth-order valence-corrected chi connectivity index (χ4v) is 2.67. The summed E-state index contributed by atoms with van der Waals surface area (Å²) in [7, 11) is 0.